The van der Waals surface area contributed by atoms with Gasteiger partial charge in [-0.15, -0.1) is 0 Å². The molecule has 1 aromatic carbocycles. The summed E-state index contributed by atoms with van der Waals surface area (Å²) in [4.78, 5) is 30.0. The zero-order valence-electron chi connectivity index (χ0n) is 13.4. The number of aromatic nitrogens is 2. The quantitative estimate of drug-likeness (QED) is 0.501. The van der Waals surface area contributed by atoms with Gasteiger partial charge in [-0.25, -0.2) is 0 Å². The molecular weight excluding hydrogens is 328 g/mol. The van der Waals surface area contributed by atoms with Crippen molar-refractivity contribution in [1.29, 1.82) is 0 Å². The standard InChI is InChI=1S/C17H20N2O4S/c1-2-3-9-13(16(22)23)24-17-18-14(20)12(15(21)19-17)10-11-7-5-4-6-8-11/h4-8,13H,2-3,9-10H2,1H3,(H,22,23)(H2,18,19,20,21)/t13-/m1/s1. The Morgan fingerprint density at radius 2 is 2.04 bits per heavy atom. The number of unbranched alkanes of at least 4 members (excludes halogenated alkanes) is 1. The smallest absolute Gasteiger partial charge is 0.317 e. The van der Waals surface area contributed by atoms with Crippen LogP contribution in [0.5, 0.6) is 5.88 Å². The molecule has 0 unspecified atom stereocenters. The van der Waals surface area contributed by atoms with Gasteiger partial charge in [-0.1, -0.05) is 61.9 Å². The van der Waals surface area contributed by atoms with E-state index in [0.717, 1.165) is 30.2 Å². The van der Waals surface area contributed by atoms with Gasteiger partial charge in [-0.2, -0.15) is 4.98 Å². The van der Waals surface area contributed by atoms with Gasteiger partial charge < -0.3 is 15.2 Å². The lowest BCUT2D eigenvalue weighted by atomic mass is 10.1. The van der Waals surface area contributed by atoms with E-state index in [4.69, 9.17) is 0 Å². The highest BCUT2D eigenvalue weighted by atomic mass is 32.2. The number of aromatic hydroxyl groups is 1. The number of hydrogen-bond acceptors (Lipinski definition) is 5. The summed E-state index contributed by atoms with van der Waals surface area (Å²) < 4.78 is 0. The molecule has 0 fully saturated rings. The summed E-state index contributed by atoms with van der Waals surface area (Å²) in [5, 5.41) is 18.7. The second-order valence-corrected chi connectivity index (χ2v) is 6.61. The number of carboxylic acids is 1. The van der Waals surface area contributed by atoms with Crippen molar-refractivity contribution in [2.75, 3.05) is 0 Å². The van der Waals surface area contributed by atoms with Crippen LogP contribution in [-0.4, -0.2) is 31.4 Å². The molecule has 0 aliphatic rings. The first-order valence-electron chi connectivity index (χ1n) is 7.76. The van der Waals surface area contributed by atoms with Gasteiger partial charge in [0.05, 0.1) is 5.56 Å². The summed E-state index contributed by atoms with van der Waals surface area (Å²) in [5.74, 6) is -1.31. The molecule has 6 nitrogen and oxygen atoms in total. The third kappa shape index (κ3) is 4.86. The molecule has 128 valence electrons. The van der Waals surface area contributed by atoms with E-state index < -0.39 is 16.8 Å². The van der Waals surface area contributed by atoms with Crippen LogP contribution in [0.4, 0.5) is 0 Å². The van der Waals surface area contributed by atoms with Crippen molar-refractivity contribution in [2.45, 2.75) is 43.0 Å². The number of hydrogen-bond donors (Lipinski definition) is 3. The van der Waals surface area contributed by atoms with Gasteiger partial charge in [-0.3, -0.25) is 9.59 Å². The summed E-state index contributed by atoms with van der Waals surface area (Å²) in [6.07, 6.45) is 2.40. The number of carbonyl (C=O) groups is 1. The van der Waals surface area contributed by atoms with Crippen LogP contribution in [0.15, 0.2) is 40.3 Å². The van der Waals surface area contributed by atoms with E-state index in [-0.39, 0.29) is 23.0 Å². The molecule has 24 heavy (non-hydrogen) atoms. The molecule has 7 heteroatoms. The first-order chi connectivity index (χ1) is 11.5. The minimum Gasteiger partial charge on any atom is -0.493 e. The number of benzene rings is 1. The van der Waals surface area contributed by atoms with Gasteiger partial charge in [-0.05, 0) is 12.0 Å². The van der Waals surface area contributed by atoms with Crippen LogP contribution < -0.4 is 5.56 Å². The van der Waals surface area contributed by atoms with Gasteiger partial charge in [0, 0.05) is 6.42 Å². The van der Waals surface area contributed by atoms with Crippen LogP contribution in [0.3, 0.4) is 0 Å². The molecule has 1 aromatic heterocycles. The van der Waals surface area contributed by atoms with E-state index in [0.29, 0.717) is 6.42 Å². The van der Waals surface area contributed by atoms with E-state index in [1.54, 1.807) is 0 Å². The third-order valence-corrected chi connectivity index (χ3v) is 4.68. The lowest BCUT2D eigenvalue weighted by Gasteiger charge is -2.11. The molecule has 1 atom stereocenters. The minimum absolute atomic E-state index is 0.123. The largest absolute Gasteiger partial charge is 0.493 e. The number of nitrogens with zero attached hydrogens (tertiary/aromatic N) is 1. The Balaban J connectivity index is 2.19. The number of rotatable bonds is 8. The number of nitrogens with one attached hydrogen (secondary N) is 1. The number of aliphatic carboxylic acids is 1. The fourth-order valence-corrected chi connectivity index (χ4v) is 3.18. The van der Waals surface area contributed by atoms with Crippen LogP contribution >= 0.6 is 11.8 Å². The van der Waals surface area contributed by atoms with Gasteiger partial charge in [0.25, 0.3) is 5.56 Å². The zero-order valence-corrected chi connectivity index (χ0v) is 14.2. The Morgan fingerprint density at radius 3 is 2.62 bits per heavy atom. The first-order valence-corrected chi connectivity index (χ1v) is 8.64. The maximum Gasteiger partial charge on any atom is 0.317 e. The normalized spacial score (nSPS) is 12.0. The van der Waals surface area contributed by atoms with Crippen LogP contribution in [0.1, 0.15) is 37.3 Å². The highest BCUT2D eigenvalue weighted by molar-refractivity contribution is 8.00. The lowest BCUT2D eigenvalue weighted by molar-refractivity contribution is -0.136. The van der Waals surface area contributed by atoms with Crippen LogP contribution in [-0.2, 0) is 11.2 Å². The van der Waals surface area contributed by atoms with Gasteiger partial charge in [0.15, 0.2) is 5.16 Å². The van der Waals surface area contributed by atoms with Crippen molar-refractivity contribution >= 4 is 17.7 Å². The SMILES string of the molecule is CCCC[C@@H](Sc1nc(O)c(Cc2ccccc2)c(=O)[nH]1)C(=O)O. The predicted octanol–water partition coefficient (Wildman–Crippen LogP) is 2.80. The lowest BCUT2D eigenvalue weighted by Crippen LogP contribution is -2.20. The molecule has 0 aliphatic carbocycles. The Hall–Kier alpha value is -2.28. The second kappa shape index (κ2) is 8.54. The number of H-pyrrole nitrogens is 1. The van der Waals surface area contributed by atoms with Crippen molar-refractivity contribution in [3.63, 3.8) is 0 Å². The molecule has 1 heterocycles. The average molecular weight is 348 g/mol. The Kier molecular flexibility index (Phi) is 6.43. The molecular formula is C17H20N2O4S. The van der Waals surface area contributed by atoms with Crippen LogP contribution in [0.25, 0.3) is 0 Å². The number of thioether (sulfide) groups is 1. The minimum atomic E-state index is -0.955. The number of carboxylic acid groups (broad SMARTS) is 1. The highest BCUT2D eigenvalue weighted by Gasteiger charge is 2.21. The van der Waals surface area contributed by atoms with E-state index in [1.807, 2.05) is 37.3 Å². The molecule has 0 saturated heterocycles. The van der Waals surface area contributed by atoms with Crippen molar-refractivity contribution in [1.82, 2.24) is 9.97 Å². The van der Waals surface area contributed by atoms with Crippen molar-refractivity contribution in [2.24, 2.45) is 0 Å². The summed E-state index contributed by atoms with van der Waals surface area (Å²) >= 11 is 0.954. The Labute approximate surface area is 144 Å². The average Bonchev–Trinajstić information content (AvgIpc) is 2.55. The molecule has 2 rings (SSSR count). The van der Waals surface area contributed by atoms with Gasteiger partial charge in [0.2, 0.25) is 5.88 Å². The summed E-state index contributed by atoms with van der Waals surface area (Å²) in [7, 11) is 0. The summed E-state index contributed by atoms with van der Waals surface area (Å²) in [6.45, 7) is 1.98. The van der Waals surface area contributed by atoms with E-state index in [2.05, 4.69) is 9.97 Å². The molecule has 0 aliphatic heterocycles. The molecule has 0 saturated carbocycles. The third-order valence-electron chi connectivity index (χ3n) is 3.54. The van der Waals surface area contributed by atoms with Gasteiger partial charge in [0.1, 0.15) is 5.25 Å². The molecule has 0 radical (unpaired) electrons. The maximum atomic E-state index is 12.2. The van der Waals surface area contributed by atoms with E-state index >= 15 is 0 Å². The topological polar surface area (TPSA) is 103 Å². The Morgan fingerprint density at radius 1 is 1.33 bits per heavy atom. The van der Waals surface area contributed by atoms with Crippen LogP contribution in [0, 0.1) is 0 Å². The van der Waals surface area contributed by atoms with E-state index in [9.17, 15) is 19.8 Å². The molecule has 0 bridgehead atoms. The molecule has 2 aromatic rings. The molecule has 3 N–H and O–H groups in total. The monoisotopic (exact) mass is 348 g/mol. The fraction of sp³-hybridized carbons (Fsp3) is 0.353. The second-order valence-electron chi connectivity index (χ2n) is 5.42. The van der Waals surface area contributed by atoms with Crippen molar-refractivity contribution < 1.29 is 15.0 Å². The van der Waals surface area contributed by atoms with Gasteiger partial charge >= 0.3 is 5.97 Å². The molecule has 0 spiro atoms. The van der Waals surface area contributed by atoms with Crippen LogP contribution in [0.2, 0.25) is 0 Å². The fourth-order valence-electron chi connectivity index (χ4n) is 2.24. The first kappa shape index (κ1) is 18.1. The van der Waals surface area contributed by atoms with E-state index in [1.165, 1.54) is 0 Å². The highest BCUT2D eigenvalue weighted by Crippen LogP contribution is 2.25. The Bertz CT molecular complexity index is 746. The van der Waals surface area contributed by atoms with Crippen molar-refractivity contribution in [3.05, 3.63) is 51.8 Å². The molecule has 0 amide bonds. The number of aromatic amines is 1. The maximum absolute atomic E-state index is 12.2. The summed E-state index contributed by atoms with van der Waals surface area (Å²) in [6, 6.07) is 9.28. The van der Waals surface area contributed by atoms with Crippen molar-refractivity contribution in [3.8, 4) is 5.88 Å². The summed E-state index contributed by atoms with van der Waals surface area (Å²) in [5.41, 5.74) is 0.603. The predicted molar refractivity (Wildman–Crippen MR) is 92.6 cm³/mol. The zero-order chi connectivity index (χ0) is 17.5.